The lowest BCUT2D eigenvalue weighted by molar-refractivity contribution is -0.139. The highest BCUT2D eigenvalue weighted by atomic mass is 16.7. The number of fused-ring (bicyclic) bond motifs is 2. The molecule has 28 heavy (non-hydrogen) atoms. The van der Waals surface area contributed by atoms with Crippen molar-refractivity contribution in [3.63, 3.8) is 0 Å². The normalized spacial score (nSPS) is 13.9. The predicted octanol–water partition coefficient (Wildman–Crippen LogP) is 0.744. The van der Waals surface area contributed by atoms with Crippen molar-refractivity contribution in [1.29, 1.82) is 0 Å². The van der Waals surface area contributed by atoms with E-state index < -0.39 is 11.8 Å². The minimum absolute atomic E-state index is 0.166. The maximum atomic E-state index is 11.7. The van der Waals surface area contributed by atoms with E-state index in [-0.39, 0.29) is 13.6 Å². The van der Waals surface area contributed by atoms with Gasteiger partial charge in [0.1, 0.15) is 0 Å². The highest BCUT2D eigenvalue weighted by Gasteiger charge is 2.14. The average molecular weight is 382 g/mol. The van der Waals surface area contributed by atoms with E-state index in [9.17, 15) is 9.59 Å². The molecule has 2 heterocycles. The number of nitrogens with one attached hydrogen (secondary N) is 2. The Kier molecular flexibility index (Phi) is 4.74. The van der Waals surface area contributed by atoms with Gasteiger partial charge in [0, 0.05) is 0 Å². The summed E-state index contributed by atoms with van der Waals surface area (Å²) in [5, 5.41) is 7.46. The summed E-state index contributed by atoms with van der Waals surface area (Å²) < 4.78 is 20.9. The smallest absolute Gasteiger partial charge is 0.331 e. The lowest BCUT2D eigenvalue weighted by Gasteiger charge is -2.00. The Hall–Kier alpha value is -4.08. The van der Waals surface area contributed by atoms with Gasteiger partial charge in [-0.2, -0.15) is 10.2 Å². The third-order valence-corrected chi connectivity index (χ3v) is 3.76. The molecule has 0 aliphatic carbocycles. The van der Waals surface area contributed by atoms with E-state index in [1.165, 1.54) is 12.4 Å². The number of hydrazone groups is 2. The van der Waals surface area contributed by atoms with Crippen LogP contribution in [0.1, 0.15) is 11.1 Å². The fourth-order valence-electron chi connectivity index (χ4n) is 2.42. The van der Waals surface area contributed by atoms with E-state index >= 15 is 0 Å². The number of carbonyl (C=O) groups excluding carboxylic acids is 2. The number of carbonyl (C=O) groups is 2. The van der Waals surface area contributed by atoms with E-state index in [1.54, 1.807) is 36.4 Å². The Morgan fingerprint density at radius 3 is 1.61 bits per heavy atom. The molecule has 10 nitrogen and oxygen atoms in total. The number of amides is 2. The Labute approximate surface area is 158 Å². The van der Waals surface area contributed by atoms with Gasteiger partial charge in [-0.3, -0.25) is 9.59 Å². The molecule has 2 aromatic carbocycles. The van der Waals surface area contributed by atoms with Crippen molar-refractivity contribution in [2.75, 3.05) is 13.6 Å². The zero-order valence-electron chi connectivity index (χ0n) is 14.4. The van der Waals surface area contributed by atoms with Gasteiger partial charge >= 0.3 is 11.8 Å². The molecule has 2 N–H and O–H groups in total. The second kappa shape index (κ2) is 7.66. The van der Waals surface area contributed by atoms with Crippen LogP contribution in [0.15, 0.2) is 46.6 Å². The molecule has 2 aromatic rings. The molecule has 0 unspecified atom stereocenters. The Morgan fingerprint density at radius 2 is 1.14 bits per heavy atom. The molecule has 0 fully saturated rings. The quantitative estimate of drug-likeness (QED) is 0.457. The number of ether oxygens (including phenoxy) is 4. The molecule has 10 heteroatoms. The number of rotatable bonds is 4. The summed E-state index contributed by atoms with van der Waals surface area (Å²) in [5.41, 5.74) is 5.58. The van der Waals surface area contributed by atoms with Crippen LogP contribution >= 0.6 is 0 Å². The first-order valence-electron chi connectivity index (χ1n) is 8.15. The summed E-state index contributed by atoms with van der Waals surface area (Å²) in [6.45, 7) is 0.333. The first kappa shape index (κ1) is 17.3. The highest BCUT2D eigenvalue weighted by molar-refractivity contribution is 6.35. The monoisotopic (exact) mass is 382 g/mol. The third-order valence-electron chi connectivity index (χ3n) is 3.76. The minimum atomic E-state index is -0.958. The Balaban J connectivity index is 1.27. The van der Waals surface area contributed by atoms with Crippen LogP contribution in [0.25, 0.3) is 0 Å². The first-order valence-corrected chi connectivity index (χ1v) is 8.15. The molecule has 0 bridgehead atoms. The fourth-order valence-corrected chi connectivity index (χ4v) is 2.42. The summed E-state index contributed by atoms with van der Waals surface area (Å²) >= 11 is 0. The van der Waals surface area contributed by atoms with Crippen LogP contribution in [-0.4, -0.2) is 37.8 Å². The lowest BCUT2D eigenvalue weighted by Crippen LogP contribution is -2.35. The van der Waals surface area contributed by atoms with Gasteiger partial charge in [-0.15, -0.1) is 0 Å². The SMILES string of the molecule is O=C(N/N=C/c1ccc2c(c1)OCO2)C(=O)N/N=C/c1ccc2c(c1)OCO2. The molecular formula is C18H14N4O6. The van der Waals surface area contributed by atoms with Crippen LogP contribution < -0.4 is 29.8 Å². The number of hydrogen-bond acceptors (Lipinski definition) is 8. The second-order valence-electron chi connectivity index (χ2n) is 5.62. The molecule has 2 amide bonds. The molecule has 0 saturated heterocycles. The molecule has 0 radical (unpaired) electrons. The number of nitrogens with zero attached hydrogens (tertiary/aromatic N) is 2. The van der Waals surface area contributed by atoms with E-state index in [4.69, 9.17) is 18.9 Å². The van der Waals surface area contributed by atoms with Crippen LogP contribution in [0, 0.1) is 0 Å². The molecule has 0 spiro atoms. The molecular weight excluding hydrogens is 368 g/mol. The molecule has 142 valence electrons. The van der Waals surface area contributed by atoms with Gasteiger partial charge in [-0.25, -0.2) is 10.9 Å². The molecule has 0 saturated carbocycles. The summed E-state index contributed by atoms with van der Waals surface area (Å²) in [7, 11) is 0. The van der Waals surface area contributed by atoms with Gasteiger partial charge in [-0.1, -0.05) is 0 Å². The van der Waals surface area contributed by atoms with Crippen LogP contribution in [0.3, 0.4) is 0 Å². The van der Waals surface area contributed by atoms with Crippen molar-refractivity contribution in [2.24, 2.45) is 10.2 Å². The number of benzene rings is 2. The topological polar surface area (TPSA) is 120 Å². The van der Waals surface area contributed by atoms with Crippen molar-refractivity contribution < 1.29 is 28.5 Å². The first-order chi connectivity index (χ1) is 13.7. The van der Waals surface area contributed by atoms with E-state index in [0.29, 0.717) is 34.1 Å². The van der Waals surface area contributed by atoms with Crippen molar-refractivity contribution in [2.45, 2.75) is 0 Å². The van der Waals surface area contributed by atoms with Crippen LogP contribution in [0.4, 0.5) is 0 Å². The summed E-state index contributed by atoms with van der Waals surface area (Å²) in [5.74, 6) is 0.540. The van der Waals surface area contributed by atoms with Gasteiger partial charge < -0.3 is 18.9 Å². The standard InChI is InChI=1S/C18H14N4O6/c23-17(21-19-7-11-1-3-13-15(5-11)27-9-25-13)18(24)22-20-8-12-2-4-14-16(6-12)28-10-26-14/h1-8H,9-10H2,(H,21,23)(H,22,24)/b19-7+,20-8+. The molecule has 2 aliphatic rings. The Bertz CT molecular complexity index is 909. The molecule has 4 rings (SSSR count). The van der Waals surface area contributed by atoms with E-state index in [1.807, 2.05) is 0 Å². The summed E-state index contributed by atoms with van der Waals surface area (Å²) in [6, 6.07) is 10.3. The maximum absolute atomic E-state index is 11.7. The van der Waals surface area contributed by atoms with Crippen molar-refractivity contribution in [3.8, 4) is 23.0 Å². The maximum Gasteiger partial charge on any atom is 0.331 e. The van der Waals surface area contributed by atoms with Crippen molar-refractivity contribution in [3.05, 3.63) is 47.5 Å². The largest absolute Gasteiger partial charge is 0.454 e. The van der Waals surface area contributed by atoms with E-state index in [2.05, 4.69) is 21.1 Å². The van der Waals surface area contributed by atoms with Gasteiger partial charge in [-0.05, 0) is 47.5 Å². The van der Waals surface area contributed by atoms with E-state index in [0.717, 1.165) is 0 Å². The van der Waals surface area contributed by atoms with Gasteiger partial charge in [0.15, 0.2) is 23.0 Å². The zero-order valence-corrected chi connectivity index (χ0v) is 14.4. The second-order valence-corrected chi connectivity index (χ2v) is 5.62. The number of hydrogen-bond donors (Lipinski definition) is 2. The zero-order chi connectivity index (χ0) is 19.3. The third kappa shape index (κ3) is 3.85. The van der Waals surface area contributed by atoms with Gasteiger partial charge in [0.05, 0.1) is 12.4 Å². The van der Waals surface area contributed by atoms with Crippen molar-refractivity contribution >= 4 is 24.2 Å². The highest BCUT2D eigenvalue weighted by Crippen LogP contribution is 2.32. The van der Waals surface area contributed by atoms with Gasteiger partial charge in [0.2, 0.25) is 13.6 Å². The van der Waals surface area contributed by atoms with Crippen LogP contribution in [0.2, 0.25) is 0 Å². The Morgan fingerprint density at radius 1 is 0.714 bits per heavy atom. The molecule has 2 aliphatic heterocycles. The van der Waals surface area contributed by atoms with Crippen LogP contribution in [-0.2, 0) is 9.59 Å². The average Bonchev–Trinajstić information content (AvgIpc) is 3.36. The lowest BCUT2D eigenvalue weighted by atomic mass is 10.2. The summed E-state index contributed by atoms with van der Waals surface area (Å²) in [4.78, 5) is 23.4. The fraction of sp³-hybridized carbons (Fsp3) is 0.111. The van der Waals surface area contributed by atoms with Crippen molar-refractivity contribution in [1.82, 2.24) is 10.9 Å². The van der Waals surface area contributed by atoms with Crippen LogP contribution in [0.5, 0.6) is 23.0 Å². The molecule has 0 aromatic heterocycles. The predicted molar refractivity (Wildman–Crippen MR) is 96.6 cm³/mol. The summed E-state index contributed by atoms with van der Waals surface area (Å²) in [6.07, 6.45) is 2.76. The van der Waals surface area contributed by atoms with Gasteiger partial charge in [0.25, 0.3) is 0 Å². The minimum Gasteiger partial charge on any atom is -0.454 e. The molecule has 0 atom stereocenters.